The van der Waals surface area contributed by atoms with Gasteiger partial charge < -0.3 is 16.0 Å². The summed E-state index contributed by atoms with van der Waals surface area (Å²) in [5.74, 6) is 0.769. The second kappa shape index (κ2) is 5.89. The van der Waals surface area contributed by atoms with Gasteiger partial charge >= 0.3 is 6.03 Å². The number of rotatable bonds is 4. The van der Waals surface area contributed by atoms with Crippen LogP contribution in [0.5, 0.6) is 0 Å². The highest BCUT2D eigenvalue weighted by molar-refractivity contribution is 5.79. The number of nitrogens with two attached hydrogens (primary N) is 1. The lowest BCUT2D eigenvalue weighted by Crippen LogP contribution is -2.42. The van der Waals surface area contributed by atoms with E-state index in [4.69, 9.17) is 5.73 Å². The Kier molecular flexibility index (Phi) is 4.78. The van der Waals surface area contributed by atoms with Crippen LogP contribution < -0.4 is 11.1 Å². The molecule has 0 saturated carbocycles. The molecule has 1 heterocycles. The van der Waals surface area contributed by atoms with Crippen molar-refractivity contribution in [1.82, 2.24) is 10.2 Å². The maximum absolute atomic E-state index is 12.1. The van der Waals surface area contributed by atoms with Crippen LogP contribution in [0, 0.1) is 11.8 Å². The van der Waals surface area contributed by atoms with Gasteiger partial charge in [-0.1, -0.05) is 20.8 Å². The van der Waals surface area contributed by atoms with Crippen LogP contribution in [0.15, 0.2) is 0 Å². The Hall–Kier alpha value is -1.26. The third-order valence-corrected chi connectivity index (χ3v) is 3.09. The summed E-state index contributed by atoms with van der Waals surface area (Å²) in [7, 11) is 0. The largest absolute Gasteiger partial charge is 0.352 e. The third-order valence-electron chi connectivity index (χ3n) is 3.09. The van der Waals surface area contributed by atoms with E-state index in [1.54, 1.807) is 0 Å². The van der Waals surface area contributed by atoms with Crippen molar-refractivity contribution in [1.29, 1.82) is 0 Å². The molecule has 1 saturated heterocycles. The first kappa shape index (κ1) is 13.8. The molecule has 17 heavy (non-hydrogen) atoms. The summed E-state index contributed by atoms with van der Waals surface area (Å²) in [5, 5.41) is 2.65. The van der Waals surface area contributed by atoms with E-state index in [9.17, 15) is 9.59 Å². The fraction of sp³-hybridized carbons (Fsp3) is 0.833. The van der Waals surface area contributed by atoms with E-state index >= 15 is 0 Å². The van der Waals surface area contributed by atoms with Crippen LogP contribution in [0.25, 0.3) is 0 Å². The molecule has 0 aromatic rings. The van der Waals surface area contributed by atoms with Crippen LogP contribution in [-0.2, 0) is 4.79 Å². The summed E-state index contributed by atoms with van der Waals surface area (Å²) in [6.45, 7) is 7.50. The van der Waals surface area contributed by atoms with Gasteiger partial charge in [0, 0.05) is 25.0 Å². The minimum Gasteiger partial charge on any atom is -0.352 e. The molecule has 0 bridgehead atoms. The monoisotopic (exact) mass is 241 g/mol. The van der Waals surface area contributed by atoms with E-state index in [2.05, 4.69) is 19.2 Å². The zero-order valence-electron chi connectivity index (χ0n) is 10.9. The van der Waals surface area contributed by atoms with Gasteiger partial charge in [0.25, 0.3) is 0 Å². The zero-order chi connectivity index (χ0) is 13.0. The molecule has 1 fully saturated rings. The van der Waals surface area contributed by atoms with Crippen molar-refractivity contribution < 1.29 is 9.59 Å². The number of nitrogens with one attached hydrogen (secondary N) is 1. The first-order valence-electron chi connectivity index (χ1n) is 6.25. The van der Waals surface area contributed by atoms with Crippen molar-refractivity contribution in [3.63, 3.8) is 0 Å². The molecule has 1 rings (SSSR count). The van der Waals surface area contributed by atoms with Crippen LogP contribution >= 0.6 is 0 Å². The molecule has 2 atom stereocenters. The molecule has 2 unspecified atom stereocenters. The summed E-state index contributed by atoms with van der Waals surface area (Å²) in [5.41, 5.74) is 5.07. The number of urea groups is 1. The van der Waals surface area contributed by atoms with Gasteiger partial charge in [-0.2, -0.15) is 0 Å². The van der Waals surface area contributed by atoms with E-state index in [-0.39, 0.29) is 17.9 Å². The average molecular weight is 241 g/mol. The molecular formula is C12H23N3O2. The Balaban J connectivity index is 2.42. The maximum atomic E-state index is 12.1. The standard InChI is InChI=1S/C12H23N3O2/c1-8(2)6-9(3)11(16)15-5-4-10(7-15)14-12(13)17/h8-10H,4-7H2,1-3H3,(H3,13,14,17). The minimum absolute atomic E-state index is 0.0164. The SMILES string of the molecule is CC(C)CC(C)C(=O)N1CCC(NC(N)=O)C1. The summed E-state index contributed by atoms with van der Waals surface area (Å²) in [4.78, 5) is 24.6. The molecule has 5 heteroatoms. The molecule has 0 aromatic carbocycles. The topological polar surface area (TPSA) is 75.4 Å². The Morgan fingerprint density at radius 1 is 1.41 bits per heavy atom. The van der Waals surface area contributed by atoms with E-state index in [1.807, 2.05) is 11.8 Å². The quantitative estimate of drug-likeness (QED) is 0.768. The lowest BCUT2D eigenvalue weighted by Gasteiger charge is -2.22. The van der Waals surface area contributed by atoms with Crippen molar-refractivity contribution >= 4 is 11.9 Å². The molecule has 98 valence electrons. The first-order valence-corrected chi connectivity index (χ1v) is 6.25. The van der Waals surface area contributed by atoms with Crippen molar-refractivity contribution in [2.24, 2.45) is 17.6 Å². The lowest BCUT2D eigenvalue weighted by atomic mass is 9.98. The van der Waals surface area contributed by atoms with Gasteiger partial charge in [-0.25, -0.2) is 4.79 Å². The lowest BCUT2D eigenvalue weighted by molar-refractivity contribution is -0.134. The number of hydrogen-bond donors (Lipinski definition) is 2. The number of likely N-dealkylation sites (tertiary alicyclic amines) is 1. The second-order valence-corrected chi connectivity index (χ2v) is 5.31. The van der Waals surface area contributed by atoms with Crippen LogP contribution in [0.1, 0.15) is 33.6 Å². The Labute approximate surface area is 103 Å². The molecule has 1 aliphatic rings. The summed E-state index contributed by atoms with van der Waals surface area (Å²) >= 11 is 0. The second-order valence-electron chi connectivity index (χ2n) is 5.31. The van der Waals surface area contributed by atoms with Crippen LogP contribution in [0.2, 0.25) is 0 Å². The molecule has 0 spiro atoms. The third kappa shape index (κ3) is 4.24. The van der Waals surface area contributed by atoms with Crippen molar-refractivity contribution in [3.8, 4) is 0 Å². The van der Waals surface area contributed by atoms with E-state index in [0.717, 1.165) is 12.8 Å². The van der Waals surface area contributed by atoms with Gasteiger partial charge in [0.05, 0.1) is 0 Å². The Morgan fingerprint density at radius 3 is 2.59 bits per heavy atom. The maximum Gasteiger partial charge on any atom is 0.312 e. The number of hydrogen-bond acceptors (Lipinski definition) is 2. The molecule has 3 amide bonds. The Morgan fingerprint density at radius 2 is 2.06 bits per heavy atom. The van der Waals surface area contributed by atoms with E-state index in [0.29, 0.717) is 19.0 Å². The molecule has 0 aliphatic carbocycles. The number of carbonyl (C=O) groups is 2. The first-order chi connectivity index (χ1) is 7.90. The van der Waals surface area contributed by atoms with E-state index < -0.39 is 6.03 Å². The number of nitrogens with zero attached hydrogens (tertiary/aromatic N) is 1. The van der Waals surface area contributed by atoms with Crippen molar-refractivity contribution in [3.05, 3.63) is 0 Å². The van der Waals surface area contributed by atoms with Crippen molar-refractivity contribution in [2.45, 2.75) is 39.7 Å². The van der Waals surface area contributed by atoms with Gasteiger partial charge in [0.2, 0.25) is 5.91 Å². The molecule has 5 nitrogen and oxygen atoms in total. The summed E-state index contributed by atoms with van der Waals surface area (Å²) in [6, 6.07) is -0.498. The predicted octanol–water partition coefficient (Wildman–Crippen LogP) is 0.938. The fourth-order valence-corrected chi connectivity index (χ4v) is 2.40. The highest BCUT2D eigenvalue weighted by Crippen LogP contribution is 2.17. The highest BCUT2D eigenvalue weighted by Gasteiger charge is 2.29. The van der Waals surface area contributed by atoms with E-state index in [1.165, 1.54) is 0 Å². The predicted molar refractivity (Wildman–Crippen MR) is 66.3 cm³/mol. The smallest absolute Gasteiger partial charge is 0.312 e. The average Bonchev–Trinajstić information content (AvgIpc) is 2.62. The fourth-order valence-electron chi connectivity index (χ4n) is 2.40. The van der Waals surface area contributed by atoms with Gasteiger partial charge in [-0.15, -0.1) is 0 Å². The number of primary amides is 1. The van der Waals surface area contributed by atoms with Gasteiger partial charge in [0.1, 0.15) is 0 Å². The summed E-state index contributed by atoms with van der Waals surface area (Å²) in [6.07, 6.45) is 1.70. The number of amides is 3. The minimum atomic E-state index is -0.514. The highest BCUT2D eigenvalue weighted by atomic mass is 16.2. The molecule has 3 N–H and O–H groups in total. The van der Waals surface area contributed by atoms with Crippen LogP contribution in [-0.4, -0.2) is 36.0 Å². The molecule has 1 aliphatic heterocycles. The number of carbonyl (C=O) groups excluding carboxylic acids is 2. The molecule has 0 aromatic heterocycles. The van der Waals surface area contributed by atoms with Gasteiger partial charge in [-0.05, 0) is 18.8 Å². The van der Waals surface area contributed by atoms with Crippen LogP contribution in [0.4, 0.5) is 4.79 Å². The van der Waals surface area contributed by atoms with Gasteiger partial charge in [0.15, 0.2) is 0 Å². The summed E-state index contributed by atoms with van der Waals surface area (Å²) < 4.78 is 0. The zero-order valence-corrected chi connectivity index (χ0v) is 10.9. The van der Waals surface area contributed by atoms with Crippen LogP contribution in [0.3, 0.4) is 0 Å². The normalized spacial score (nSPS) is 21.6. The Bertz CT molecular complexity index is 291. The van der Waals surface area contributed by atoms with Gasteiger partial charge in [-0.3, -0.25) is 4.79 Å². The molecule has 0 radical (unpaired) electrons. The molecular weight excluding hydrogens is 218 g/mol. The van der Waals surface area contributed by atoms with Crippen molar-refractivity contribution in [2.75, 3.05) is 13.1 Å².